The predicted octanol–water partition coefficient (Wildman–Crippen LogP) is 3.19. The average Bonchev–Trinajstić information content (AvgIpc) is 3.20. The van der Waals surface area contributed by atoms with Crippen LogP contribution >= 0.6 is 0 Å². The molecular formula is C14H13F2N3. The summed E-state index contributed by atoms with van der Waals surface area (Å²) in [5.41, 5.74) is 6.94. The lowest BCUT2D eigenvalue weighted by Crippen LogP contribution is -2.05. The Morgan fingerprint density at radius 1 is 1.21 bits per heavy atom. The van der Waals surface area contributed by atoms with E-state index in [-0.39, 0.29) is 5.56 Å². The molecule has 1 saturated carbocycles. The van der Waals surface area contributed by atoms with Crippen molar-refractivity contribution in [1.82, 2.24) is 9.97 Å². The molecule has 0 amide bonds. The van der Waals surface area contributed by atoms with E-state index < -0.39 is 11.6 Å². The first-order valence-electron chi connectivity index (χ1n) is 6.15. The minimum atomic E-state index is -0.510. The summed E-state index contributed by atoms with van der Waals surface area (Å²) in [6.07, 6.45) is 2.04. The molecule has 0 radical (unpaired) electrons. The van der Waals surface area contributed by atoms with Crippen molar-refractivity contribution in [1.29, 1.82) is 0 Å². The smallest absolute Gasteiger partial charge is 0.134 e. The van der Waals surface area contributed by atoms with E-state index in [9.17, 15) is 8.78 Å². The Labute approximate surface area is 109 Å². The van der Waals surface area contributed by atoms with Gasteiger partial charge in [-0.1, -0.05) is 0 Å². The molecule has 2 aromatic rings. The normalized spacial score (nSPS) is 14.7. The predicted molar refractivity (Wildman–Crippen MR) is 68.5 cm³/mol. The third-order valence-electron chi connectivity index (χ3n) is 3.33. The molecule has 1 aromatic carbocycles. The molecule has 5 heteroatoms. The number of aromatic nitrogens is 2. The van der Waals surface area contributed by atoms with Gasteiger partial charge in [0.15, 0.2) is 0 Å². The van der Waals surface area contributed by atoms with E-state index in [1.165, 1.54) is 0 Å². The van der Waals surface area contributed by atoms with Crippen LogP contribution in [-0.2, 0) is 0 Å². The van der Waals surface area contributed by atoms with E-state index in [1.54, 1.807) is 6.92 Å². The molecule has 0 unspecified atom stereocenters. The molecule has 0 spiro atoms. The van der Waals surface area contributed by atoms with Gasteiger partial charge in [-0.15, -0.1) is 0 Å². The number of rotatable bonds is 2. The summed E-state index contributed by atoms with van der Waals surface area (Å²) in [7, 11) is 0. The maximum Gasteiger partial charge on any atom is 0.134 e. The van der Waals surface area contributed by atoms with Crippen molar-refractivity contribution < 1.29 is 8.78 Å². The molecule has 0 aliphatic heterocycles. The summed E-state index contributed by atoms with van der Waals surface area (Å²) in [4.78, 5) is 8.59. The van der Waals surface area contributed by atoms with Gasteiger partial charge >= 0.3 is 0 Å². The summed E-state index contributed by atoms with van der Waals surface area (Å²) in [5, 5.41) is 0. The van der Waals surface area contributed by atoms with E-state index in [4.69, 9.17) is 5.73 Å². The minimum absolute atomic E-state index is 0.133. The standard InChI is InChI=1S/C14H13F2N3/c1-7-12(10-6-9(15)4-5-11(10)16)18-14(8-2-3-8)19-13(7)17/h4-6,8H,2-3H2,1H3,(H2,17,18,19). The van der Waals surface area contributed by atoms with Crippen LogP contribution in [0, 0.1) is 18.6 Å². The van der Waals surface area contributed by atoms with Crippen molar-refractivity contribution in [3.63, 3.8) is 0 Å². The fourth-order valence-electron chi connectivity index (χ4n) is 2.02. The first-order chi connectivity index (χ1) is 9.06. The Morgan fingerprint density at radius 2 is 1.95 bits per heavy atom. The lowest BCUT2D eigenvalue weighted by molar-refractivity contribution is 0.602. The largest absolute Gasteiger partial charge is 0.383 e. The highest BCUT2D eigenvalue weighted by atomic mass is 19.1. The summed E-state index contributed by atoms with van der Waals surface area (Å²) in [5.74, 6) is 0.251. The van der Waals surface area contributed by atoms with E-state index in [2.05, 4.69) is 9.97 Å². The molecule has 1 aromatic heterocycles. The van der Waals surface area contributed by atoms with Crippen molar-refractivity contribution in [2.24, 2.45) is 0 Å². The molecule has 1 aliphatic carbocycles. The highest BCUT2D eigenvalue weighted by Crippen LogP contribution is 2.40. The van der Waals surface area contributed by atoms with Crippen molar-refractivity contribution in [2.45, 2.75) is 25.7 Å². The fraction of sp³-hybridized carbons (Fsp3) is 0.286. The topological polar surface area (TPSA) is 51.8 Å². The van der Waals surface area contributed by atoms with E-state index >= 15 is 0 Å². The van der Waals surface area contributed by atoms with Crippen LogP contribution in [-0.4, -0.2) is 9.97 Å². The SMILES string of the molecule is Cc1c(N)nc(C2CC2)nc1-c1cc(F)ccc1F. The van der Waals surface area contributed by atoms with Gasteiger partial charge < -0.3 is 5.73 Å². The van der Waals surface area contributed by atoms with Gasteiger partial charge in [0.05, 0.1) is 5.69 Å². The third kappa shape index (κ3) is 2.16. The number of anilines is 1. The van der Waals surface area contributed by atoms with Crippen LogP contribution in [0.5, 0.6) is 0 Å². The molecule has 2 N–H and O–H groups in total. The van der Waals surface area contributed by atoms with Crippen molar-refractivity contribution >= 4 is 5.82 Å². The molecular weight excluding hydrogens is 248 g/mol. The monoisotopic (exact) mass is 261 g/mol. The first-order valence-corrected chi connectivity index (χ1v) is 6.15. The lowest BCUT2D eigenvalue weighted by atomic mass is 10.1. The summed E-state index contributed by atoms with van der Waals surface area (Å²) >= 11 is 0. The van der Waals surface area contributed by atoms with Crippen LogP contribution in [0.25, 0.3) is 11.3 Å². The van der Waals surface area contributed by atoms with E-state index in [0.29, 0.717) is 28.8 Å². The maximum atomic E-state index is 13.8. The Hall–Kier alpha value is -2.04. The Bertz CT molecular complexity index is 651. The van der Waals surface area contributed by atoms with E-state index in [1.807, 2.05) is 0 Å². The minimum Gasteiger partial charge on any atom is -0.383 e. The zero-order chi connectivity index (χ0) is 13.6. The van der Waals surface area contributed by atoms with Gasteiger partial charge in [0.2, 0.25) is 0 Å². The summed E-state index contributed by atoms with van der Waals surface area (Å²) < 4.78 is 27.1. The second-order valence-electron chi connectivity index (χ2n) is 4.84. The highest BCUT2D eigenvalue weighted by molar-refractivity contribution is 5.68. The lowest BCUT2D eigenvalue weighted by Gasteiger charge is -2.10. The molecule has 0 saturated heterocycles. The van der Waals surface area contributed by atoms with Crippen LogP contribution in [0.3, 0.4) is 0 Å². The van der Waals surface area contributed by atoms with Crippen LogP contribution in [0.15, 0.2) is 18.2 Å². The number of benzene rings is 1. The van der Waals surface area contributed by atoms with E-state index in [0.717, 1.165) is 31.0 Å². The number of nitrogen functional groups attached to an aromatic ring is 1. The van der Waals surface area contributed by atoms with Gasteiger partial charge in [-0.05, 0) is 38.0 Å². The van der Waals surface area contributed by atoms with Gasteiger partial charge in [-0.3, -0.25) is 0 Å². The van der Waals surface area contributed by atoms with Crippen LogP contribution in [0.4, 0.5) is 14.6 Å². The highest BCUT2D eigenvalue weighted by Gasteiger charge is 2.28. The fourth-order valence-corrected chi connectivity index (χ4v) is 2.02. The molecule has 3 rings (SSSR count). The maximum absolute atomic E-state index is 13.8. The van der Waals surface area contributed by atoms with Crippen LogP contribution in [0.2, 0.25) is 0 Å². The molecule has 1 heterocycles. The molecule has 19 heavy (non-hydrogen) atoms. The quantitative estimate of drug-likeness (QED) is 0.903. The van der Waals surface area contributed by atoms with Gasteiger partial charge in [0, 0.05) is 17.0 Å². The summed E-state index contributed by atoms with van der Waals surface area (Å²) in [6.45, 7) is 1.71. The van der Waals surface area contributed by atoms with Crippen LogP contribution < -0.4 is 5.73 Å². The Balaban J connectivity index is 2.20. The van der Waals surface area contributed by atoms with Crippen molar-refractivity contribution in [3.8, 4) is 11.3 Å². The first kappa shape index (κ1) is 12.0. The second kappa shape index (κ2) is 4.26. The van der Waals surface area contributed by atoms with Crippen LogP contribution in [0.1, 0.15) is 30.1 Å². The molecule has 0 atom stereocenters. The number of nitrogens with zero attached hydrogens (tertiary/aromatic N) is 2. The zero-order valence-electron chi connectivity index (χ0n) is 10.5. The third-order valence-corrected chi connectivity index (χ3v) is 3.33. The molecule has 0 bridgehead atoms. The van der Waals surface area contributed by atoms with Crippen molar-refractivity contribution in [3.05, 3.63) is 41.2 Å². The van der Waals surface area contributed by atoms with Gasteiger partial charge in [0.25, 0.3) is 0 Å². The van der Waals surface area contributed by atoms with Gasteiger partial charge in [-0.2, -0.15) is 0 Å². The summed E-state index contributed by atoms with van der Waals surface area (Å²) in [6, 6.07) is 3.32. The number of hydrogen-bond acceptors (Lipinski definition) is 3. The molecule has 3 nitrogen and oxygen atoms in total. The van der Waals surface area contributed by atoms with Gasteiger partial charge in [-0.25, -0.2) is 18.7 Å². The number of hydrogen-bond donors (Lipinski definition) is 1. The number of nitrogens with two attached hydrogens (primary N) is 1. The Kier molecular flexibility index (Phi) is 2.69. The molecule has 1 aliphatic rings. The molecule has 1 fully saturated rings. The molecule has 98 valence electrons. The second-order valence-corrected chi connectivity index (χ2v) is 4.84. The Morgan fingerprint density at radius 3 is 2.63 bits per heavy atom. The zero-order valence-corrected chi connectivity index (χ0v) is 10.5. The van der Waals surface area contributed by atoms with Crippen molar-refractivity contribution in [2.75, 3.05) is 5.73 Å². The van der Waals surface area contributed by atoms with Gasteiger partial charge in [0.1, 0.15) is 23.3 Å². The average molecular weight is 261 g/mol. The number of halogens is 2.